The molecule has 4 saturated heterocycles. The lowest BCUT2D eigenvalue weighted by molar-refractivity contribution is -1.05. The van der Waals surface area contributed by atoms with E-state index in [1.165, 1.54) is 16.8 Å². The van der Waals surface area contributed by atoms with E-state index in [4.69, 9.17) is 0 Å². The average molecular weight is 418 g/mol. The van der Waals surface area contributed by atoms with Crippen LogP contribution in [0, 0.1) is 17.8 Å². The van der Waals surface area contributed by atoms with Gasteiger partial charge >= 0.3 is 0 Å². The third-order valence-corrected chi connectivity index (χ3v) is 10.4. The standard InChI is InChI=1S/C27H33N2O2/c1-3-17-18-13-21-24-27(19-11-7-8-12-20(19)28(24)2)14-22(23(18)25(27)30)29(21,26(17)31)15-16-9-5-4-6-10-16/h4-12,17-18,21-26,30-31H,3,13-15H2,1-2H3/q+1/t17-,18-,21+,22-,23+,24+,25-,26+,27+,29?/m0/s1. The van der Waals surface area contributed by atoms with E-state index in [9.17, 15) is 10.2 Å². The Morgan fingerprint density at radius 1 is 1.03 bits per heavy atom. The van der Waals surface area contributed by atoms with Gasteiger partial charge in [0, 0.05) is 43.0 Å². The van der Waals surface area contributed by atoms with Crippen LogP contribution in [0.4, 0.5) is 5.69 Å². The van der Waals surface area contributed by atoms with E-state index >= 15 is 0 Å². The maximum atomic E-state index is 12.1. The Balaban J connectivity index is 1.47. The van der Waals surface area contributed by atoms with Crippen LogP contribution in [0.25, 0.3) is 0 Å². The van der Waals surface area contributed by atoms with Gasteiger partial charge in [-0.2, -0.15) is 0 Å². The predicted octanol–water partition coefficient (Wildman–Crippen LogP) is 3.27. The second-order valence-corrected chi connectivity index (χ2v) is 11.0. The summed E-state index contributed by atoms with van der Waals surface area (Å²) in [6.45, 7) is 3.11. The molecule has 5 aliphatic heterocycles. The molecule has 1 saturated carbocycles. The van der Waals surface area contributed by atoms with Crippen molar-refractivity contribution in [2.75, 3.05) is 11.9 Å². The Bertz CT molecular complexity index is 1040. The minimum absolute atomic E-state index is 0.180. The Labute approximate surface area is 184 Å². The summed E-state index contributed by atoms with van der Waals surface area (Å²) in [5, 5.41) is 24.1. The van der Waals surface area contributed by atoms with Crippen molar-refractivity contribution < 1.29 is 14.7 Å². The smallest absolute Gasteiger partial charge is 0.194 e. The number of likely N-dealkylation sites (N-methyl/N-ethyl adjacent to an activating group) is 1. The number of hydrogen-bond acceptors (Lipinski definition) is 3. The molecule has 1 aliphatic carbocycles. The Kier molecular flexibility index (Phi) is 3.56. The van der Waals surface area contributed by atoms with Crippen LogP contribution < -0.4 is 4.90 Å². The first-order valence-electron chi connectivity index (χ1n) is 12.1. The van der Waals surface area contributed by atoms with Crippen molar-refractivity contribution in [3.8, 4) is 0 Å². The van der Waals surface area contributed by atoms with Crippen molar-refractivity contribution in [1.29, 1.82) is 0 Å². The lowest BCUT2D eigenvalue weighted by Gasteiger charge is -2.68. The minimum atomic E-state index is -0.337. The largest absolute Gasteiger partial charge is 0.392 e. The normalized spacial score (nSPS) is 48.2. The van der Waals surface area contributed by atoms with Crippen LogP contribution in [-0.2, 0) is 12.0 Å². The molecule has 162 valence electrons. The van der Waals surface area contributed by atoms with Gasteiger partial charge in [-0.05, 0) is 24.0 Å². The molecule has 0 aromatic heterocycles. The summed E-state index contributed by atoms with van der Waals surface area (Å²) in [5.41, 5.74) is 3.78. The first kappa shape index (κ1) is 18.7. The zero-order valence-corrected chi connectivity index (χ0v) is 18.4. The lowest BCUT2D eigenvalue weighted by Crippen LogP contribution is -2.82. The number of para-hydroxylation sites is 1. The van der Waals surface area contributed by atoms with Crippen LogP contribution in [0.5, 0.6) is 0 Å². The fraction of sp³-hybridized carbons (Fsp3) is 0.556. The summed E-state index contributed by atoms with van der Waals surface area (Å²) in [5.74, 6) is 1.01. The van der Waals surface area contributed by atoms with Crippen molar-refractivity contribution in [1.82, 2.24) is 0 Å². The Morgan fingerprint density at radius 3 is 2.55 bits per heavy atom. The first-order chi connectivity index (χ1) is 15.1. The van der Waals surface area contributed by atoms with E-state index in [1.54, 1.807) is 0 Å². The van der Waals surface area contributed by atoms with Gasteiger partial charge in [0.15, 0.2) is 6.23 Å². The molecule has 1 spiro atoms. The molecule has 0 amide bonds. The van der Waals surface area contributed by atoms with E-state index in [0.717, 1.165) is 30.3 Å². The molecule has 5 bridgehead atoms. The molecule has 5 heterocycles. The maximum absolute atomic E-state index is 12.1. The molecule has 8 rings (SSSR count). The molecule has 10 atom stereocenters. The molecular formula is C27H33N2O2+. The highest BCUT2D eigenvalue weighted by atomic mass is 16.3. The lowest BCUT2D eigenvalue weighted by atomic mass is 9.60. The van der Waals surface area contributed by atoms with Gasteiger partial charge in [-0.3, -0.25) is 4.48 Å². The summed E-state index contributed by atoms with van der Waals surface area (Å²) in [6, 6.07) is 20.5. The summed E-state index contributed by atoms with van der Waals surface area (Å²) in [7, 11) is 2.23. The molecular weight excluding hydrogens is 384 g/mol. The van der Waals surface area contributed by atoms with Gasteiger partial charge in [0.05, 0.1) is 23.6 Å². The summed E-state index contributed by atoms with van der Waals surface area (Å²) in [4.78, 5) is 2.47. The molecule has 4 heteroatoms. The zero-order chi connectivity index (χ0) is 21.1. The summed E-state index contributed by atoms with van der Waals surface area (Å²) < 4.78 is 0.769. The van der Waals surface area contributed by atoms with Crippen LogP contribution in [0.1, 0.15) is 37.3 Å². The van der Waals surface area contributed by atoms with Crippen molar-refractivity contribution >= 4 is 5.69 Å². The Hall–Kier alpha value is -1.88. The minimum Gasteiger partial charge on any atom is -0.392 e. The number of anilines is 1. The quantitative estimate of drug-likeness (QED) is 0.754. The number of aliphatic hydroxyl groups is 2. The van der Waals surface area contributed by atoms with Crippen LogP contribution in [0.15, 0.2) is 54.6 Å². The molecule has 2 aromatic rings. The van der Waals surface area contributed by atoms with Crippen molar-refractivity contribution in [2.45, 2.75) is 68.6 Å². The van der Waals surface area contributed by atoms with E-state index in [1.807, 2.05) is 0 Å². The number of rotatable bonds is 3. The van der Waals surface area contributed by atoms with Crippen molar-refractivity contribution in [3.05, 3.63) is 65.7 Å². The molecule has 31 heavy (non-hydrogen) atoms. The SMILES string of the molecule is CC[C@H]1[C@@H]2C[C@@H]3[C@H]4N(C)c5ccccc5[C@]45C[C@@H]([C@@H]2[C@@H]5O)[N+]3(Cc2ccccc2)[C@@H]1O. The third kappa shape index (κ3) is 1.88. The molecule has 4 nitrogen and oxygen atoms in total. The number of benzene rings is 2. The van der Waals surface area contributed by atoms with Crippen LogP contribution in [0.2, 0.25) is 0 Å². The third-order valence-electron chi connectivity index (χ3n) is 10.4. The van der Waals surface area contributed by atoms with Gasteiger partial charge in [-0.1, -0.05) is 55.5 Å². The first-order valence-corrected chi connectivity index (χ1v) is 12.1. The van der Waals surface area contributed by atoms with Gasteiger partial charge in [0.2, 0.25) is 0 Å². The molecule has 2 aromatic carbocycles. The number of fused-ring (bicyclic) bond motifs is 2. The number of piperidine rings is 4. The van der Waals surface area contributed by atoms with Gasteiger partial charge in [-0.15, -0.1) is 0 Å². The topological polar surface area (TPSA) is 43.7 Å². The van der Waals surface area contributed by atoms with E-state index in [0.29, 0.717) is 18.0 Å². The highest BCUT2D eigenvalue weighted by Crippen LogP contribution is 2.71. The summed E-state index contributed by atoms with van der Waals surface area (Å²) >= 11 is 0. The highest BCUT2D eigenvalue weighted by molar-refractivity contribution is 5.66. The monoisotopic (exact) mass is 417 g/mol. The fourth-order valence-corrected chi connectivity index (χ4v) is 9.60. The van der Waals surface area contributed by atoms with Gasteiger partial charge in [-0.25, -0.2) is 0 Å². The average Bonchev–Trinajstić information content (AvgIpc) is 3.18. The second-order valence-electron chi connectivity index (χ2n) is 11.0. The van der Waals surface area contributed by atoms with Gasteiger partial charge in [0.1, 0.15) is 12.6 Å². The molecule has 2 N–H and O–H groups in total. The second kappa shape index (κ2) is 5.92. The van der Waals surface area contributed by atoms with Crippen LogP contribution in [0.3, 0.4) is 0 Å². The molecule has 0 radical (unpaired) electrons. The number of quaternary nitrogens is 1. The highest BCUT2D eigenvalue weighted by Gasteiger charge is 2.82. The number of nitrogens with zero attached hydrogens (tertiary/aromatic N) is 2. The van der Waals surface area contributed by atoms with Crippen molar-refractivity contribution in [3.63, 3.8) is 0 Å². The van der Waals surface area contributed by atoms with E-state index in [-0.39, 0.29) is 35.6 Å². The van der Waals surface area contributed by atoms with Crippen LogP contribution in [-0.4, -0.2) is 52.2 Å². The van der Waals surface area contributed by atoms with E-state index < -0.39 is 0 Å². The summed E-state index contributed by atoms with van der Waals surface area (Å²) in [6.07, 6.45) is 2.47. The van der Waals surface area contributed by atoms with Gasteiger partial charge in [0.25, 0.3) is 0 Å². The maximum Gasteiger partial charge on any atom is 0.194 e. The molecule has 6 aliphatic rings. The predicted molar refractivity (Wildman–Crippen MR) is 120 cm³/mol. The van der Waals surface area contributed by atoms with Crippen molar-refractivity contribution in [2.24, 2.45) is 17.8 Å². The van der Waals surface area contributed by atoms with E-state index in [2.05, 4.69) is 73.5 Å². The number of hydrogen-bond donors (Lipinski definition) is 2. The fourth-order valence-electron chi connectivity index (χ4n) is 9.60. The van der Waals surface area contributed by atoms with Gasteiger partial charge < -0.3 is 15.1 Å². The number of aliphatic hydroxyl groups excluding tert-OH is 2. The zero-order valence-electron chi connectivity index (χ0n) is 18.4. The molecule has 5 fully saturated rings. The molecule has 1 unspecified atom stereocenters. The van der Waals surface area contributed by atoms with Crippen LogP contribution >= 0.6 is 0 Å². The Morgan fingerprint density at radius 2 is 1.77 bits per heavy atom.